The number of rotatable bonds is 1. The lowest BCUT2D eigenvalue weighted by Gasteiger charge is -2.10. The van der Waals surface area contributed by atoms with Crippen molar-refractivity contribution in [1.82, 2.24) is 0 Å². The summed E-state index contributed by atoms with van der Waals surface area (Å²) in [7, 11) is 0.950. The quantitative estimate of drug-likeness (QED) is 0.566. The summed E-state index contributed by atoms with van der Waals surface area (Å²) in [4.78, 5) is 11.0. The van der Waals surface area contributed by atoms with Gasteiger partial charge in [-0.05, 0) is 12.1 Å². The molecule has 0 spiro atoms. The van der Waals surface area contributed by atoms with Crippen LogP contribution in [0.4, 0.5) is 17.6 Å². The van der Waals surface area contributed by atoms with E-state index in [1.54, 1.807) is 0 Å². The van der Waals surface area contributed by atoms with Crippen LogP contribution in [-0.2, 0) is 10.9 Å². The number of benzene rings is 1. The monoisotopic (exact) mass is 247 g/mol. The number of hydrogen-bond donors (Lipinski definition) is 0. The van der Waals surface area contributed by atoms with Crippen LogP contribution in [-0.4, -0.2) is 13.1 Å². The number of hydrogen-bond acceptors (Lipinski definition) is 3. The minimum absolute atomic E-state index is 0.382. The van der Waals surface area contributed by atoms with Gasteiger partial charge in [0.2, 0.25) is 0 Å². The van der Waals surface area contributed by atoms with E-state index in [1.165, 1.54) is 0 Å². The number of methoxy groups -OCH3 is 1. The van der Waals surface area contributed by atoms with Crippen LogP contribution in [0.15, 0.2) is 12.1 Å². The van der Waals surface area contributed by atoms with Crippen molar-refractivity contribution in [1.29, 1.82) is 5.26 Å². The average molecular weight is 247 g/mol. The first-order valence-electron chi connectivity index (χ1n) is 4.20. The van der Waals surface area contributed by atoms with E-state index in [-0.39, 0.29) is 0 Å². The maximum Gasteiger partial charge on any atom is 0.417 e. The van der Waals surface area contributed by atoms with Gasteiger partial charge in [0.25, 0.3) is 0 Å². The summed E-state index contributed by atoms with van der Waals surface area (Å²) in [5.74, 6) is -2.53. The normalized spacial score (nSPS) is 10.8. The lowest BCUT2D eigenvalue weighted by atomic mass is 10.0. The molecular formula is C10H5F4NO2. The Morgan fingerprint density at radius 1 is 1.41 bits per heavy atom. The minimum atomic E-state index is -4.92. The number of carbonyl (C=O) groups excluding carboxylic acids is 1. The van der Waals surface area contributed by atoms with Crippen LogP contribution in [0.3, 0.4) is 0 Å². The molecule has 0 saturated heterocycles. The molecule has 0 saturated carbocycles. The lowest BCUT2D eigenvalue weighted by molar-refractivity contribution is -0.138. The van der Waals surface area contributed by atoms with Crippen molar-refractivity contribution < 1.29 is 27.1 Å². The Hall–Kier alpha value is -2.10. The molecule has 17 heavy (non-hydrogen) atoms. The van der Waals surface area contributed by atoms with E-state index in [9.17, 15) is 22.4 Å². The molecule has 0 aliphatic heterocycles. The van der Waals surface area contributed by atoms with Gasteiger partial charge >= 0.3 is 12.1 Å². The summed E-state index contributed by atoms with van der Waals surface area (Å²) in [6.07, 6.45) is -4.92. The fourth-order valence-electron chi connectivity index (χ4n) is 1.18. The van der Waals surface area contributed by atoms with Crippen LogP contribution in [0.5, 0.6) is 0 Å². The van der Waals surface area contributed by atoms with Crippen molar-refractivity contribution in [2.45, 2.75) is 6.18 Å². The van der Waals surface area contributed by atoms with Crippen LogP contribution >= 0.6 is 0 Å². The molecule has 0 fully saturated rings. The average Bonchev–Trinajstić information content (AvgIpc) is 2.25. The van der Waals surface area contributed by atoms with E-state index in [0.29, 0.717) is 12.1 Å². The number of ether oxygens (including phenoxy) is 1. The predicted octanol–water partition coefficient (Wildman–Crippen LogP) is 2.50. The number of nitriles is 1. The van der Waals surface area contributed by atoms with Crippen LogP contribution < -0.4 is 0 Å². The van der Waals surface area contributed by atoms with Gasteiger partial charge in [-0.25, -0.2) is 9.18 Å². The Balaban J connectivity index is 3.52. The van der Waals surface area contributed by atoms with Crippen LogP contribution in [0.25, 0.3) is 0 Å². The highest BCUT2D eigenvalue weighted by molar-refractivity contribution is 5.89. The molecule has 0 unspecified atom stereocenters. The number of carbonyl (C=O) groups is 1. The Kier molecular flexibility index (Phi) is 3.36. The van der Waals surface area contributed by atoms with Gasteiger partial charge in [-0.2, -0.15) is 18.4 Å². The summed E-state index contributed by atoms with van der Waals surface area (Å²) >= 11 is 0. The van der Waals surface area contributed by atoms with Crippen molar-refractivity contribution in [2.75, 3.05) is 7.11 Å². The topological polar surface area (TPSA) is 50.1 Å². The molecule has 0 N–H and O–H groups in total. The van der Waals surface area contributed by atoms with E-state index in [0.717, 1.165) is 13.2 Å². The third-order valence-corrected chi connectivity index (χ3v) is 1.93. The van der Waals surface area contributed by atoms with Gasteiger partial charge in [0.15, 0.2) is 0 Å². The van der Waals surface area contributed by atoms with E-state index < -0.39 is 34.7 Å². The Morgan fingerprint density at radius 2 is 2.00 bits per heavy atom. The van der Waals surface area contributed by atoms with Crippen molar-refractivity contribution in [3.63, 3.8) is 0 Å². The van der Waals surface area contributed by atoms with Crippen molar-refractivity contribution >= 4 is 5.97 Å². The SMILES string of the molecule is COC(=O)c1cc(F)c(C#N)c(C(F)(F)F)c1. The molecule has 0 aliphatic carbocycles. The molecule has 0 bridgehead atoms. The summed E-state index contributed by atoms with van der Waals surface area (Å²) in [6, 6.07) is 2.02. The summed E-state index contributed by atoms with van der Waals surface area (Å²) in [5, 5.41) is 8.44. The molecule has 3 nitrogen and oxygen atoms in total. The third kappa shape index (κ3) is 2.53. The molecule has 1 aromatic rings. The zero-order valence-corrected chi connectivity index (χ0v) is 8.43. The second-order valence-corrected chi connectivity index (χ2v) is 2.98. The van der Waals surface area contributed by atoms with Gasteiger partial charge < -0.3 is 4.74 Å². The van der Waals surface area contributed by atoms with Crippen molar-refractivity contribution in [3.8, 4) is 6.07 Å². The molecule has 1 rings (SSSR count). The molecule has 7 heteroatoms. The van der Waals surface area contributed by atoms with E-state index in [2.05, 4.69) is 4.74 Å². The first kappa shape index (κ1) is 13.0. The molecule has 0 aromatic heterocycles. The summed E-state index contributed by atoms with van der Waals surface area (Å²) < 4.78 is 54.9. The van der Waals surface area contributed by atoms with Gasteiger partial charge in [-0.15, -0.1) is 0 Å². The Labute approximate surface area is 93.2 Å². The summed E-state index contributed by atoms with van der Waals surface area (Å²) in [5.41, 5.74) is -3.25. The number of nitrogens with zero attached hydrogens (tertiary/aromatic N) is 1. The molecule has 1 aromatic carbocycles. The molecule has 0 heterocycles. The van der Waals surface area contributed by atoms with Crippen LogP contribution in [0.1, 0.15) is 21.5 Å². The molecule has 0 aliphatic rings. The summed E-state index contributed by atoms with van der Waals surface area (Å²) in [6.45, 7) is 0. The number of halogens is 4. The lowest BCUT2D eigenvalue weighted by Crippen LogP contribution is -2.12. The molecular weight excluding hydrogens is 242 g/mol. The zero-order chi connectivity index (χ0) is 13.2. The van der Waals surface area contributed by atoms with Gasteiger partial charge in [-0.1, -0.05) is 0 Å². The minimum Gasteiger partial charge on any atom is -0.465 e. The van der Waals surface area contributed by atoms with Gasteiger partial charge in [0.05, 0.1) is 23.8 Å². The number of esters is 1. The highest BCUT2D eigenvalue weighted by atomic mass is 19.4. The highest BCUT2D eigenvalue weighted by Crippen LogP contribution is 2.33. The van der Waals surface area contributed by atoms with Gasteiger partial charge in [0.1, 0.15) is 11.9 Å². The van der Waals surface area contributed by atoms with Crippen LogP contribution in [0.2, 0.25) is 0 Å². The number of alkyl halides is 3. The maximum absolute atomic E-state index is 13.2. The first-order valence-corrected chi connectivity index (χ1v) is 4.20. The Morgan fingerprint density at radius 3 is 2.41 bits per heavy atom. The fourth-order valence-corrected chi connectivity index (χ4v) is 1.18. The molecule has 0 amide bonds. The van der Waals surface area contributed by atoms with E-state index >= 15 is 0 Å². The standard InChI is InChI=1S/C10H5F4NO2/c1-17-9(16)5-2-7(10(12,13)14)6(4-15)8(11)3-5/h2-3H,1H3. The fraction of sp³-hybridized carbons (Fsp3) is 0.200. The molecule has 90 valence electrons. The van der Waals surface area contributed by atoms with Crippen LogP contribution in [0, 0.1) is 17.1 Å². The highest BCUT2D eigenvalue weighted by Gasteiger charge is 2.36. The molecule has 0 atom stereocenters. The maximum atomic E-state index is 13.2. The smallest absolute Gasteiger partial charge is 0.417 e. The largest absolute Gasteiger partial charge is 0.465 e. The zero-order valence-electron chi connectivity index (χ0n) is 8.43. The van der Waals surface area contributed by atoms with Crippen molar-refractivity contribution in [3.05, 3.63) is 34.6 Å². The van der Waals surface area contributed by atoms with Gasteiger partial charge in [-0.3, -0.25) is 0 Å². The van der Waals surface area contributed by atoms with E-state index in [1.807, 2.05) is 0 Å². The molecule has 0 radical (unpaired) electrons. The Bertz CT molecular complexity index is 502. The second-order valence-electron chi connectivity index (χ2n) is 2.98. The second kappa shape index (κ2) is 4.41. The third-order valence-electron chi connectivity index (χ3n) is 1.93. The predicted molar refractivity (Wildman–Crippen MR) is 47.5 cm³/mol. The van der Waals surface area contributed by atoms with E-state index in [4.69, 9.17) is 5.26 Å². The van der Waals surface area contributed by atoms with Crippen molar-refractivity contribution in [2.24, 2.45) is 0 Å². The first-order chi connectivity index (χ1) is 7.81. The van der Waals surface area contributed by atoms with Gasteiger partial charge in [0, 0.05) is 0 Å².